The van der Waals surface area contributed by atoms with Gasteiger partial charge in [-0.1, -0.05) is 32.0 Å². The lowest BCUT2D eigenvalue weighted by Gasteiger charge is -2.10. The molecule has 3 N–H and O–H groups in total. The van der Waals surface area contributed by atoms with Crippen molar-refractivity contribution in [3.63, 3.8) is 0 Å². The quantitative estimate of drug-likeness (QED) is 0.725. The molecule has 0 radical (unpaired) electrons. The van der Waals surface area contributed by atoms with Gasteiger partial charge in [-0.05, 0) is 35.7 Å². The summed E-state index contributed by atoms with van der Waals surface area (Å²) in [6, 6.07) is 12.3. The van der Waals surface area contributed by atoms with Crippen LogP contribution >= 0.6 is 0 Å². The molecule has 0 aliphatic carbocycles. The van der Waals surface area contributed by atoms with E-state index in [1.807, 2.05) is 38.1 Å². The number of carboxylic acid groups (broad SMARTS) is 1. The van der Waals surface area contributed by atoms with Gasteiger partial charge >= 0.3 is 5.97 Å². The van der Waals surface area contributed by atoms with Crippen molar-refractivity contribution >= 4 is 23.4 Å². The third-order valence-electron chi connectivity index (χ3n) is 3.25. The predicted molar refractivity (Wildman–Crippen MR) is 93.0 cm³/mol. The van der Waals surface area contributed by atoms with Crippen molar-refractivity contribution in [2.45, 2.75) is 26.8 Å². The first-order valence-corrected chi connectivity index (χ1v) is 7.77. The Kier molecular flexibility index (Phi) is 5.89. The number of aromatic carboxylic acids is 1. The monoisotopic (exact) mass is 327 g/mol. The fourth-order valence-corrected chi connectivity index (χ4v) is 2.19. The first-order chi connectivity index (χ1) is 11.4. The Labute approximate surface area is 140 Å². The molecule has 1 aromatic carbocycles. The molecule has 1 heterocycles. The van der Waals surface area contributed by atoms with Crippen molar-refractivity contribution in [3.8, 4) is 0 Å². The van der Waals surface area contributed by atoms with E-state index in [0.29, 0.717) is 24.7 Å². The van der Waals surface area contributed by atoms with Crippen LogP contribution in [0.15, 0.2) is 42.5 Å². The summed E-state index contributed by atoms with van der Waals surface area (Å²) in [7, 11) is 0. The summed E-state index contributed by atoms with van der Waals surface area (Å²) in [5.41, 5.74) is 1.70. The number of rotatable bonds is 7. The zero-order valence-electron chi connectivity index (χ0n) is 13.7. The Morgan fingerprint density at radius 2 is 1.92 bits per heavy atom. The van der Waals surface area contributed by atoms with Gasteiger partial charge in [0.25, 0.3) is 0 Å². The van der Waals surface area contributed by atoms with E-state index in [4.69, 9.17) is 5.11 Å². The van der Waals surface area contributed by atoms with E-state index in [-0.39, 0.29) is 11.6 Å². The van der Waals surface area contributed by atoms with E-state index in [9.17, 15) is 9.59 Å². The molecule has 1 aromatic heterocycles. The van der Waals surface area contributed by atoms with Gasteiger partial charge in [0.1, 0.15) is 5.82 Å². The van der Waals surface area contributed by atoms with E-state index < -0.39 is 5.97 Å². The number of amides is 1. The second kappa shape index (κ2) is 8.10. The highest BCUT2D eigenvalue weighted by Crippen LogP contribution is 2.14. The Balaban J connectivity index is 1.98. The molecular formula is C18H21N3O3. The van der Waals surface area contributed by atoms with Gasteiger partial charge in [0, 0.05) is 18.7 Å². The maximum absolute atomic E-state index is 11.8. The number of pyridine rings is 1. The standard InChI is InChI=1S/C18H21N3O3/c1-12(2)9-17(22)20-14-6-3-5-13(10-14)11-19-16-8-4-7-15(21-16)18(23)24/h3-8,10,12H,9,11H2,1-2H3,(H,19,21)(H,20,22)(H,23,24). The fraction of sp³-hybridized carbons (Fsp3) is 0.278. The molecule has 0 saturated carbocycles. The molecular weight excluding hydrogens is 306 g/mol. The van der Waals surface area contributed by atoms with Gasteiger partial charge in [-0.2, -0.15) is 0 Å². The highest BCUT2D eigenvalue weighted by Gasteiger charge is 2.07. The van der Waals surface area contributed by atoms with Crippen molar-refractivity contribution in [2.75, 3.05) is 10.6 Å². The minimum atomic E-state index is -1.06. The van der Waals surface area contributed by atoms with Crippen LogP contribution in [0.1, 0.15) is 36.3 Å². The van der Waals surface area contributed by atoms with Crippen LogP contribution in [0.3, 0.4) is 0 Å². The number of hydrogen-bond donors (Lipinski definition) is 3. The number of aromatic nitrogens is 1. The summed E-state index contributed by atoms with van der Waals surface area (Å²) in [6.07, 6.45) is 0.481. The minimum absolute atomic E-state index is 0.00491. The number of nitrogens with one attached hydrogen (secondary N) is 2. The SMILES string of the molecule is CC(C)CC(=O)Nc1cccc(CNc2cccc(C(=O)O)n2)c1. The smallest absolute Gasteiger partial charge is 0.354 e. The van der Waals surface area contributed by atoms with Crippen LogP contribution in [0, 0.1) is 5.92 Å². The van der Waals surface area contributed by atoms with Crippen molar-refractivity contribution in [2.24, 2.45) is 5.92 Å². The molecule has 0 fully saturated rings. The molecule has 24 heavy (non-hydrogen) atoms. The van der Waals surface area contributed by atoms with Crippen molar-refractivity contribution in [1.82, 2.24) is 4.98 Å². The topological polar surface area (TPSA) is 91.3 Å². The van der Waals surface area contributed by atoms with Crippen molar-refractivity contribution < 1.29 is 14.7 Å². The van der Waals surface area contributed by atoms with Crippen LogP contribution in [0.4, 0.5) is 11.5 Å². The molecule has 0 unspecified atom stereocenters. The van der Waals surface area contributed by atoms with Gasteiger partial charge in [-0.25, -0.2) is 9.78 Å². The lowest BCUT2D eigenvalue weighted by atomic mass is 10.1. The molecule has 126 valence electrons. The van der Waals surface area contributed by atoms with Gasteiger partial charge in [-0.3, -0.25) is 4.79 Å². The first kappa shape index (κ1) is 17.5. The number of carbonyl (C=O) groups is 2. The molecule has 6 heteroatoms. The second-order valence-electron chi connectivity index (χ2n) is 5.91. The summed E-state index contributed by atoms with van der Waals surface area (Å²) in [5.74, 6) is -0.272. The zero-order valence-corrected chi connectivity index (χ0v) is 13.7. The molecule has 0 atom stereocenters. The predicted octanol–water partition coefficient (Wildman–Crippen LogP) is 3.38. The van der Waals surface area contributed by atoms with E-state index in [2.05, 4.69) is 15.6 Å². The Hall–Kier alpha value is -2.89. The van der Waals surface area contributed by atoms with Crippen LogP contribution in [-0.2, 0) is 11.3 Å². The lowest BCUT2D eigenvalue weighted by molar-refractivity contribution is -0.116. The van der Waals surface area contributed by atoms with Crippen LogP contribution in [0.2, 0.25) is 0 Å². The molecule has 0 saturated heterocycles. The van der Waals surface area contributed by atoms with Gasteiger partial charge < -0.3 is 15.7 Å². The van der Waals surface area contributed by atoms with Crippen molar-refractivity contribution in [3.05, 3.63) is 53.7 Å². The van der Waals surface area contributed by atoms with E-state index in [1.165, 1.54) is 6.07 Å². The molecule has 2 aromatic rings. The van der Waals surface area contributed by atoms with Gasteiger partial charge in [-0.15, -0.1) is 0 Å². The number of hydrogen-bond acceptors (Lipinski definition) is 4. The summed E-state index contributed by atoms with van der Waals surface area (Å²) in [6.45, 7) is 4.47. The first-order valence-electron chi connectivity index (χ1n) is 7.77. The van der Waals surface area contributed by atoms with Crippen LogP contribution in [-0.4, -0.2) is 22.0 Å². The van der Waals surface area contributed by atoms with Gasteiger partial charge in [0.15, 0.2) is 5.69 Å². The van der Waals surface area contributed by atoms with Crippen LogP contribution < -0.4 is 10.6 Å². The molecule has 0 aliphatic heterocycles. The van der Waals surface area contributed by atoms with E-state index in [0.717, 1.165) is 11.3 Å². The molecule has 0 bridgehead atoms. The third kappa shape index (κ3) is 5.39. The summed E-state index contributed by atoms with van der Waals surface area (Å²) in [4.78, 5) is 26.8. The fourth-order valence-electron chi connectivity index (χ4n) is 2.19. The number of benzene rings is 1. The van der Waals surface area contributed by atoms with Crippen LogP contribution in [0.5, 0.6) is 0 Å². The number of carbonyl (C=O) groups excluding carboxylic acids is 1. The average molecular weight is 327 g/mol. The summed E-state index contributed by atoms with van der Waals surface area (Å²) in [5, 5.41) is 14.9. The van der Waals surface area contributed by atoms with Crippen LogP contribution in [0.25, 0.3) is 0 Å². The second-order valence-corrected chi connectivity index (χ2v) is 5.91. The maximum atomic E-state index is 11.8. The normalized spacial score (nSPS) is 10.5. The van der Waals surface area contributed by atoms with Gasteiger partial charge in [0.05, 0.1) is 0 Å². The maximum Gasteiger partial charge on any atom is 0.354 e. The lowest BCUT2D eigenvalue weighted by Crippen LogP contribution is -2.14. The summed E-state index contributed by atoms with van der Waals surface area (Å²) < 4.78 is 0. The molecule has 0 aliphatic rings. The molecule has 1 amide bonds. The zero-order chi connectivity index (χ0) is 17.5. The van der Waals surface area contributed by atoms with E-state index in [1.54, 1.807) is 12.1 Å². The highest BCUT2D eigenvalue weighted by molar-refractivity contribution is 5.90. The minimum Gasteiger partial charge on any atom is -0.477 e. The third-order valence-corrected chi connectivity index (χ3v) is 3.25. The van der Waals surface area contributed by atoms with E-state index >= 15 is 0 Å². The van der Waals surface area contributed by atoms with Gasteiger partial charge in [0.2, 0.25) is 5.91 Å². The Morgan fingerprint density at radius 1 is 1.17 bits per heavy atom. The molecule has 6 nitrogen and oxygen atoms in total. The number of carboxylic acids is 1. The Morgan fingerprint density at radius 3 is 2.62 bits per heavy atom. The Bertz CT molecular complexity index is 729. The highest BCUT2D eigenvalue weighted by atomic mass is 16.4. The average Bonchev–Trinajstić information content (AvgIpc) is 2.52. The molecule has 2 rings (SSSR count). The number of nitrogens with zero attached hydrogens (tertiary/aromatic N) is 1. The largest absolute Gasteiger partial charge is 0.477 e. The summed E-state index contributed by atoms with van der Waals surface area (Å²) >= 11 is 0. The number of anilines is 2. The molecule has 0 spiro atoms. The van der Waals surface area contributed by atoms with Crippen molar-refractivity contribution in [1.29, 1.82) is 0 Å².